The van der Waals surface area contributed by atoms with E-state index in [9.17, 15) is 24.3 Å². The van der Waals surface area contributed by atoms with Crippen LogP contribution in [0.25, 0.3) is 0 Å². The topological polar surface area (TPSA) is 162 Å². The minimum atomic E-state index is -1.09. The van der Waals surface area contributed by atoms with Crippen molar-refractivity contribution in [3.63, 3.8) is 0 Å². The number of esters is 1. The average molecular weight is 792 g/mol. The Kier molecular flexibility index (Phi) is 19.2. The first-order chi connectivity index (χ1) is 28.3. The molecule has 4 aromatic rings. The third-order valence-electron chi connectivity index (χ3n) is 8.89. The van der Waals surface area contributed by atoms with Gasteiger partial charge in [0.25, 0.3) is 0 Å². The molecule has 0 spiro atoms. The van der Waals surface area contributed by atoms with Crippen molar-refractivity contribution in [2.75, 3.05) is 19.8 Å². The molecule has 12 nitrogen and oxygen atoms in total. The number of benzene rings is 4. The molecule has 3 amide bonds. The molecule has 0 saturated heterocycles. The van der Waals surface area contributed by atoms with Crippen molar-refractivity contribution >= 4 is 23.9 Å². The van der Waals surface area contributed by atoms with Gasteiger partial charge in [-0.1, -0.05) is 115 Å². The van der Waals surface area contributed by atoms with Crippen molar-refractivity contribution in [2.24, 2.45) is 5.92 Å². The molecule has 0 aliphatic rings. The molecule has 306 valence electrons. The molecule has 0 radical (unpaired) electrons. The van der Waals surface area contributed by atoms with Crippen LogP contribution in [0, 0.1) is 5.92 Å². The van der Waals surface area contributed by atoms with E-state index in [1.807, 2.05) is 103 Å². The second-order valence-electron chi connectivity index (χ2n) is 13.6. The Morgan fingerprint density at radius 3 is 1.79 bits per heavy atom. The SMILES string of the molecule is C=CC[C@H](CC(=O)N[C@H](CO)Cc1ccc(OCc2ccccc2)cc1)C(=O)N[C@@H](COCc1ccccc1)COC(=O)[C@@H](CC=C)NC(=O)OCc1ccccc1. The van der Waals surface area contributed by atoms with Crippen LogP contribution in [0.3, 0.4) is 0 Å². The van der Waals surface area contributed by atoms with E-state index in [4.69, 9.17) is 18.9 Å². The number of hydrogen-bond donors (Lipinski definition) is 4. The molecule has 0 bridgehead atoms. The molecule has 4 atom stereocenters. The van der Waals surface area contributed by atoms with Gasteiger partial charge in [0.1, 0.15) is 31.6 Å². The van der Waals surface area contributed by atoms with E-state index in [2.05, 4.69) is 29.1 Å². The summed E-state index contributed by atoms with van der Waals surface area (Å²) in [5.74, 6) is -1.78. The molecular weight excluding hydrogens is 739 g/mol. The Labute approximate surface area is 340 Å². The third-order valence-corrected chi connectivity index (χ3v) is 8.89. The molecule has 0 saturated carbocycles. The summed E-state index contributed by atoms with van der Waals surface area (Å²) in [5.41, 5.74) is 3.62. The van der Waals surface area contributed by atoms with Crippen molar-refractivity contribution in [2.45, 2.75) is 63.6 Å². The molecular formula is C46H53N3O9. The Bertz CT molecular complexity index is 1860. The molecule has 58 heavy (non-hydrogen) atoms. The van der Waals surface area contributed by atoms with Gasteiger partial charge in [0.15, 0.2) is 0 Å². The van der Waals surface area contributed by atoms with Crippen LogP contribution in [0.4, 0.5) is 4.79 Å². The first kappa shape index (κ1) is 44.5. The van der Waals surface area contributed by atoms with Gasteiger partial charge in [0.2, 0.25) is 11.8 Å². The predicted molar refractivity (Wildman–Crippen MR) is 220 cm³/mol. The zero-order valence-corrected chi connectivity index (χ0v) is 32.6. The number of amides is 3. The summed E-state index contributed by atoms with van der Waals surface area (Å²) in [7, 11) is 0. The third kappa shape index (κ3) is 16.5. The monoisotopic (exact) mass is 791 g/mol. The van der Waals surface area contributed by atoms with E-state index >= 15 is 0 Å². The zero-order valence-electron chi connectivity index (χ0n) is 32.6. The number of allylic oxidation sites excluding steroid dienone is 1. The van der Waals surface area contributed by atoms with Gasteiger partial charge in [-0.15, -0.1) is 13.2 Å². The van der Waals surface area contributed by atoms with Crippen molar-refractivity contribution in [3.05, 3.63) is 163 Å². The van der Waals surface area contributed by atoms with E-state index in [-0.39, 0.29) is 52.3 Å². The summed E-state index contributed by atoms with van der Waals surface area (Å²) in [6.45, 7) is 7.50. The number of ether oxygens (including phenoxy) is 4. The van der Waals surface area contributed by atoms with Crippen LogP contribution in [0.15, 0.2) is 141 Å². The lowest BCUT2D eigenvalue weighted by atomic mass is 9.98. The van der Waals surface area contributed by atoms with E-state index in [1.54, 1.807) is 18.2 Å². The largest absolute Gasteiger partial charge is 0.489 e. The molecule has 0 aliphatic carbocycles. The van der Waals surface area contributed by atoms with Crippen LogP contribution < -0.4 is 20.7 Å². The summed E-state index contributed by atoms with van der Waals surface area (Å²) >= 11 is 0. The number of rotatable bonds is 25. The first-order valence-electron chi connectivity index (χ1n) is 19.2. The normalized spacial score (nSPS) is 12.8. The minimum absolute atomic E-state index is 0.0134. The lowest BCUT2D eigenvalue weighted by Crippen LogP contribution is -2.48. The highest BCUT2D eigenvalue weighted by Crippen LogP contribution is 2.17. The Morgan fingerprint density at radius 1 is 0.621 bits per heavy atom. The highest BCUT2D eigenvalue weighted by molar-refractivity contribution is 5.86. The fourth-order valence-corrected chi connectivity index (χ4v) is 5.82. The minimum Gasteiger partial charge on any atom is -0.489 e. The van der Waals surface area contributed by atoms with Gasteiger partial charge >= 0.3 is 12.1 Å². The van der Waals surface area contributed by atoms with Crippen LogP contribution in [-0.2, 0) is 54.8 Å². The summed E-state index contributed by atoms with van der Waals surface area (Å²) in [5, 5.41) is 18.3. The number of alkyl carbamates (subject to hydrolysis) is 1. The molecule has 0 aliphatic heterocycles. The second-order valence-corrected chi connectivity index (χ2v) is 13.6. The maximum absolute atomic E-state index is 13.7. The number of carbonyl (C=O) groups excluding carboxylic acids is 4. The molecule has 4 aromatic carbocycles. The summed E-state index contributed by atoms with van der Waals surface area (Å²) in [6, 6.07) is 33.3. The van der Waals surface area contributed by atoms with Gasteiger partial charge in [0, 0.05) is 6.42 Å². The number of nitrogens with one attached hydrogen (secondary N) is 3. The predicted octanol–water partition coefficient (Wildman–Crippen LogP) is 5.98. The van der Waals surface area contributed by atoms with Crippen LogP contribution >= 0.6 is 0 Å². The Morgan fingerprint density at radius 2 is 1.21 bits per heavy atom. The van der Waals surface area contributed by atoms with Gasteiger partial charge in [-0.05, 0) is 53.6 Å². The van der Waals surface area contributed by atoms with E-state index in [0.717, 1.165) is 22.3 Å². The standard InChI is InChI=1S/C46H53N3O9/c1-3-14-38(27-43(51)47-39(28-50)26-34-22-24-41(25-23-34)56-30-36-18-10-6-11-19-36)44(52)48-40(32-55-29-35-16-8-5-9-17-35)33-57-45(53)42(15-4-2)49-46(54)58-31-37-20-12-7-13-21-37/h3-13,16-25,38-40,42,50H,1-2,14-15,26-33H2,(H,47,51)(H,48,52)(H,49,54)/t38-,39+,40+,42-/m1/s1. The number of aliphatic hydroxyl groups excluding tert-OH is 1. The van der Waals surface area contributed by atoms with E-state index < -0.39 is 47.9 Å². The van der Waals surface area contributed by atoms with Crippen molar-refractivity contribution in [1.29, 1.82) is 0 Å². The van der Waals surface area contributed by atoms with Crippen molar-refractivity contribution in [1.82, 2.24) is 16.0 Å². The molecule has 0 aromatic heterocycles. The van der Waals surface area contributed by atoms with E-state index in [1.165, 1.54) is 6.08 Å². The highest BCUT2D eigenvalue weighted by Gasteiger charge is 2.27. The summed E-state index contributed by atoms with van der Waals surface area (Å²) in [6.07, 6.45) is 2.64. The van der Waals surface area contributed by atoms with Gasteiger partial charge < -0.3 is 40.0 Å². The first-order valence-corrected chi connectivity index (χ1v) is 19.2. The lowest BCUT2D eigenvalue weighted by Gasteiger charge is -2.24. The maximum Gasteiger partial charge on any atom is 0.408 e. The fraction of sp³-hybridized carbons (Fsp3) is 0.304. The number of carbonyl (C=O) groups is 4. The average Bonchev–Trinajstić information content (AvgIpc) is 3.25. The summed E-state index contributed by atoms with van der Waals surface area (Å²) in [4.78, 5) is 52.6. The second kappa shape index (κ2) is 25.1. The molecule has 0 heterocycles. The van der Waals surface area contributed by atoms with Gasteiger partial charge in [-0.25, -0.2) is 9.59 Å². The number of aliphatic hydroxyl groups is 1. The molecule has 0 fully saturated rings. The maximum atomic E-state index is 13.7. The quantitative estimate of drug-likeness (QED) is 0.0468. The molecule has 4 N–H and O–H groups in total. The van der Waals surface area contributed by atoms with Gasteiger partial charge in [-0.2, -0.15) is 0 Å². The van der Waals surface area contributed by atoms with Crippen molar-refractivity contribution in [3.8, 4) is 5.75 Å². The fourth-order valence-electron chi connectivity index (χ4n) is 5.82. The van der Waals surface area contributed by atoms with Crippen LogP contribution in [0.2, 0.25) is 0 Å². The zero-order chi connectivity index (χ0) is 41.4. The van der Waals surface area contributed by atoms with E-state index in [0.29, 0.717) is 18.8 Å². The highest BCUT2D eigenvalue weighted by atomic mass is 16.6. The van der Waals surface area contributed by atoms with Crippen LogP contribution in [0.1, 0.15) is 41.5 Å². The molecule has 4 rings (SSSR count). The van der Waals surface area contributed by atoms with Crippen LogP contribution in [0.5, 0.6) is 5.75 Å². The summed E-state index contributed by atoms with van der Waals surface area (Å²) < 4.78 is 22.6. The Hall–Kier alpha value is -6.24. The molecule has 12 heteroatoms. The lowest BCUT2D eigenvalue weighted by molar-refractivity contribution is -0.148. The van der Waals surface area contributed by atoms with Crippen molar-refractivity contribution < 1.29 is 43.2 Å². The number of hydrogen-bond acceptors (Lipinski definition) is 9. The van der Waals surface area contributed by atoms with Gasteiger partial charge in [0.05, 0.1) is 37.8 Å². The van der Waals surface area contributed by atoms with Crippen LogP contribution in [-0.4, -0.2) is 66.9 Å². The Balaban J connectivity index is 1.32. The molecule has 0 unspecified atom stereocenters. The smallest absolute Gasteiger partial charge is 0.408 e. The van der Waals surface area contributed by atoms with Gasteiger partial charge in [-0.3, -0.25) is 9.59 Å².